The molecule has 0 saturated heterocycles. The summed E-state index contributed by atoms with van der Waals surface area (Å²) >= 11 is 1.46. The van der Waals surface area contributed by atoms with Crippen molar-refractivity contribution in [1.29, 1.82) is 0 Å². The highest BCUT2D eigenvalue weighted by molar-refractivity contribution is 7.99. The third kappa shape index (κ3) is 4.50. The van der Waals surface area contributed by atoms with Gasteiger partial charge in [-0.1, -0.05) is 6.92 Å². The van der Waals surface area contributed by atoms with E-state index in [9.17, 15) is 22.0 Å². The maximum atomic E-state index is 13.0. The summed E-state index contributed by atoms with van der Waals surface area (Å²) in [4.78, 5) is 12.4. The van der Waals surface area contributed by atoms with Crippen LogP contribution in [0.15, 0.2) is 29.7 Å². The Hall–Kier alpha value is -2.70. The molecule has 1 N–H and O–H groups in total. The lowest BCUT2D eigenvalue weighted by atomic mass is 10.2. The first-order valence-electron chi connectivity index (χ1n) is 9.36. The Kier molecular flexibility index (Phi) is 5.62. The van der Waals surface area contributed by atoms with Crippen molar-refractivity contribution in [3.05, 3.63) is 24.7 Å². The van der Waals surface area contributed by atoms with Crippen LogP contribution >= 0.6 is 11.8 Å². The summed E-state index contributed by atoms with van der Waals surface area (Å²) in [5.74, 6) is -3.93. The first-order valence-corrected chi connectivity index (χ1v) is 10.3. The van der Waals surface area contributed by atoms with Gasteiger partial charge in [0, 0.05) is 12.2 Å². The van der Waals surface area contributed by atoms with E-state index < -0.39 is 24.6 Å². The van der Waals surface area contributed by atoms with Gasteiger partial charge in [-0.25, -0.2) is 15.0 Å². The number of rotatable bonds is 8. The molecule has 31 heavy (non-hydrogen) atoms. The van der Waals surface area contributed by atoms with Gasteiger partial charge in [0.05, 0.1) is 23.7 Å². The van der Waals surface area contributed by atoms with Gasteiger partial charge >= 0.3 is 12.1 Å². The molecule has 3 aromatic rings. The van der Waals surface area contributed by atoms with E-state index in [1.165, 1.54) is 18.0 Å². The van der Waals surface area contributed by atoms with Crippen LogP contribution in [-0.4, -0.2) is 55.1 Å². The molecule has 0 radical (unpaired) electrons. The van der Waals surface area contributed by atoms with Crippen molar-refractivity contribution < 1.29 is 26.7 Å². The summed E-state index contributed by atoms with van der Waals surface area (Å²) in [6.07, 6.45) is 0.319. The van der Waals surface area contributed by atoms with Gasteiger partial charge in [-0.3, -0.25) is 0 Å². The molecule has 1 fully saturated rings. The number of aromatic nitrogens is 5. The molecule has 0 aromatic carbocycles. The predicted octanol–water partition coefficient (Wildman–Crippen LogP) is 4.45. The summed E-state index contributed by atoms with van der Waals surface area (Å²) in [5.41, 5.74) is 1.45. The molecule has 0 bridgehead atoms. The second-order valence-electron chi connectivity index (χ2n) is 6.83. The number of nitrogens with one attached hydrogen (secondary N) is 1. The molecule has 3 aromatic heterocycles. The number of nitrogens with zero attached hydrogens (tertiary/aromatic N) is 5. The number of hydrogen-bond acceptors (Lipinski definition) is 7. The molecule has 0 aliphatic heterocycles. The number of fused-ring (bicyclic) bond motifs is 1. The minimum Gasteiger partial charge on any atom is -0.470 e. The fourth-order valence-corrected chi connectivity index (χ4v) is 3.45. The van der Waals surface area contributed by atoms with E-state index in [-0.39, 0.29) is 0 Å². The number of anilines is 1. The fraction of sp³-hybridized carbons (Fsp3) is 0.444. The van der Waals surface area contributed by atoms with E-state index in [0.717, 1.165) is 30.6 Å². The molecule has 166 valence electrons. The van der Waals surface area contributed by atoms with Crippen LogP contribution in [-0.2, 0) is 0 Å². The molecule has 13 heteroatoms. The van der Waals surface area contributed by atoms with Gasteiger partial charge < -0.3 is 10.1 Å². The standard InChI is InChI=1S/C18H17F5N6OS/c1-2-31-16-14(15-24-6-5-12(29(15)28-16)27-10-3-4-10)11-7-26-13(8-25-11)30-9-17(19,20)18(21,22)23/h5-8,10,27H,2-4,9H2,1H3. The molecule has 3 heterocycles. The highest BCUT2D eigenvalue weighted by atomic mass is 32.2. The molecule has 0 amide bonds. The summed E-state index contributed by atoms with van der Waals surface area (Å²) in [5, 5.41) is 8.63. The molecular weight excluding hydrogens is 443 g/mol. The third-order valence-corrected chi connectivity index (χ3v) is 5.24. The Morgan fingerprint density at radius 2 is 1.94 bits per heavy atom. The summed E-state index contributed by atoms with van der Waals surface area (Å²) in [7, 11) is 0. The number of hydrogen-bond donors (Lipinski definition) is 1. The van der Waals surface area contributed by atoms with Gasteiger partial charge in [0.2, 0.25) is 5.88 Å². The predicted molar refractivity (Wildman–Crippen MR) is 104 cm³/mol. The van der Waals surface area contributed by atoms with Crippen LogP contribution in [0.5, 0.6) is 5.88 Å². The molecule has 1 aliphatic carbocycles. The van der Waals surface area contributed by atoms with Crippen LogP contribution in [0.1, 0.15) is 19.8 Å². The summed E-state index contributed by atoms with van der Waals surface area (Å²) in [6.45, 7) is 0.0780. The zero-order valence-corrected chi connectivity index (χ0v) is 17.0. The van der Waals surface area contributed by atoms with Crippen LogP contribution in [0.2, 0.25) is 0 Å². The van der Waals surface area contributed by atoms with Crippen molar-refractivity contribution in [2.24, 2.45) is 0 Å². The molecule has 0 atom stereocenters. The maximum absolute atomic E-state index is 13.0. The fourth-order valence-electron chi connectivity index (χ4n) is 2.70. The van der Waals surface area contributed by atoms with E-state index in [1.54, 1.807) is 10.7 Å². The zero-order valence-electron chi connectivity index (χ0n) is 16.2. The average molecular weight is 460 g/mol. The molecule has 0 unspecified atom stereocenters. The second-order valence-corrected chi connectivity index (χ2v) is 8.08. The Bertz CT molecular complexity index is 1070. The Morgan fingerprint density at radius 3 is 2.55 bits per heavy atom. The summed E-state index contributed by atoms with van der Waals surface area (Å²) < 4.78 is 69.1. The molecule has 4 rings (SSSR count). The lowest BCUT2D eigenvalue weighted by Gasteiger charge is -2.19. The van der Waals surface area contributed by atoms with Crippen LogP contribution in [0.25, 0.3) is 16.9 Å². The van der Waals surface area contributed by atoms with Crippen LogP contribution in [0, 0.1) is 0 Å². The lowest BCUT2D eigenvalue weighted by Crippen LogP contribution is -2.41. The van der Waals surface area contributed by atoms with Gasteiger partial charge in [-0.15, -0.1) is 11.8 Å². The first-order chi connectivity index (χ1) is 14.7. The minimum absolute atomic E-state index is 0.344. The zero-order chi connectivity index (χ0) is 22.2. The number of ether oxygens (including phenoxy) is 1. The normalized spacial score (nSPS) is 14.8. The van der Waals surface area contributed by atoms with Crippen molar-refractivity contribution in [2.45, 2.75) is 42.9 Å². The average Bonchev–Trinajstić information content (AvgIpc) is 3.45. The van der Waals surface area contributed by atoms with Crippen LogP contribution < -0.4 is 10.1 Å². The van der Waals surface area contributed by atoms with Crippen LogP contribution in [0.4, 0.5) is 27.8 Å². The number of halogens is 5. The maximum Gasteiger partial charge on any atom is 0.456 e. The van der Waals surface area contributed by atoms with Crippen molar-refractivity contribution in [3.8, 4) is 17.1 Å². The number of alkyl halides is 5. The van der Waals surface area contributed by atoms with Gasteiger partial charge in [-0.2, -0.15) is 31.6 Å². The first kappa shape index (κ1) is 21.5. The van der Waals surface area contributed by atoms with Crippen LogP contribution in [0.3, 0.4) is 0 Å². The molecule has 0 spiro atoms. The molecule has 1 saturated carbocycles. The number of thioether (sulfide) groups is 1. The van der Waals surface area contributed by atoms with Crippen molar-refractivity contribution in [3.63, 3.8) is 0 Å². The van der Waals surface area contributed by atoms with Gasteiger partial charge in [-0.05, 0) is 24.7 Å². The highest BCUT2D eigenvalue weighted by Crippen LogP contribution is 2.36. The van der Waals surface area contributed by atoms with Crippen molar-refractivity contribution >= 4 is 23.2 Å². The van der Waals surface area contributed by atoms with E-state index in [0.29, 0.717) is 28.0 Å². The third-order valence-electron chi connectivity index (χ3n) is 4.40. The van der Waals surface area contributed by atoms with Gasteiger partial charge in [0.1, 0.15) is 10.8 Å². The monoisotopic (exact) mass is 460 g/mol. The van der Waals surface area contributed by atoms with Crippen molar-refractivity contribution in [1.82, 2.24) is 24.6 Å². The van der Waals surface area contributed by atoms with E-state index in [2.05, 4.69) is 30.1 Å². The smallest absolute Gasteiger partial charge is 0.456 e. The minimum atomic E-state index is -5.71. The Morgan fingerprint density at radius 1 is 1.16 bits per heavy atom. The quantitative estimate of drug-likeness (QED) is 0.393. The summed E-state index contributed by atoms with van der Waals surface area (Å²) in [6, 6.07) is 2.21. The highest BCUT2D eigenvalue weighted by Gasteiger charge is 2.58. The Balaban J connectivity index is 1.62. The lowest BCUT2D eigenvalue weighted by molar-refractivity contribution is -0.290. The molecule has 1 aliphatic rings. The van der Waals surface area contributed by atoms with E-state index >= 15 is 0 Å². The topological polar surface area (TPSA) is 77.2 Å². The second kappa shape index (κ2) is 8.09. The largest absolute Gasteiger partial charge is 0.470 e. The SMILES string of the molecule is CCSc1nn2c(NC3CC3)ccnc2c1-c1cnc(OCC(F)(F)C(F)(F)F)cn1. The van der Waals surface area contributed by atoms with E-state index in [1.807, 2.05) is 13.0 Å². The molecular formula is C18H17F5N6OS. The van der Waals surface area contributed by atoms with Crippen molar-refractivity contribution in [2.75, 3.05) is 17.7 Å². The van der Waals surface area contributed by atoms with E-state index in [4.69, 9.17) is 0 Å². The van der Waals surface area contributed by atoms with Gasteiger partial charge in [0.25, 0.3) is 0 Å². The van der Waals surface area contributed by atoms with Gasteiger partial charge in [0.15, 0.2) is 12.3 Å². The molecule has 7 nitrogen and oxygen atoms in total. The Labute approximate surface area is 177 Å².